The van der Waals surface area contributed by atoms with Gasteiger partial charge in [-0.1, -0.05) is 60.7 Å². The van der Waals surface area contributed by atoms with E-state index in [1.54, 1.807) is 22.8 Å². The van der Waals surface area contributed by atoms with Crippen LogP contribution >= 0.6 is 0 Å². The normalized spacial score (nSPS) is 10.9. The van der Waals surface area contributed by atoms with Crippen LogP contribution in [0, 0.1) is 6.92 Å². The molecule has 1 aromatic heterocycles. The number of hydrogen-bond donors (Lipinski definition) is 2. The minimum atomic E-state index is -0.129. The number of nitrogens with two attached hydrogens (primary N) is 1. The van der Waals surface area contributed by atoms with Crippen LogP contribution in [-0.4, -0.2) is 14.7 Å². The fourth-order valence-electron chi connectivity index (χ4n) is 3.81. The fourth-order valence-corrected chi connectivity index (χ4v) is 3.81. The summed E-state index contributed by atoms with van der Waals surface area (Å²) >= 11 is 0. The number of rotatable bonds is 6. The molecule has 0 saturated carbocycles. The van der Waals surface area contributed by atoms with Gasteiger partial charge in [0, 0.05) is 13.1 Å². The Labute approximate surface area is 181 Å². The maximum atomic E-state index is 13.7. The Kier molecular flexibility index (Phi) is 5.96. The Hall–Kier alpha value is -3.70. The average Bonchev–Trinajstić information content (AvgIpc) is 2.79. The van der Waals surface area contributed by atoms with Gasteiger partial charge in [0.15, 0.2) is 0 Å². The van der Waals surface area contributed by atoms with Gasteiger partial charge in [0.1, 0.15) is 11.6 Å². The molecule has 4 aromatic rings. The highest BCUT2D eigenvalue weighted by Gasteiger charge is 2.19. The van der Waals surface area contributed by atoms with Crippen molar-refractivity contribution in [2.45, 2.75) is 26.4 Å². The highest BCUT2D eigenvalue weighted by molar-refractivity contribution is 5.70. The zero-order valence-electron chi connectivity index (χ0n) is 17.5. The number of para-hydroxylation sites is 1. The number of phenolic OH excluding ortho intramolecular Hbond substituents is 1. The number of aromatic nitrogens is 2. The van der Waals surface area contributed by atoms with E-state index in [-0.39, 0.29) is 11.3 Å². The van der Waals surface area contributed by atoms with Crippen LogP contribution in [0.1, 0.15) is 16.8 Å². The molecule has 0 aliphatic carbocycles. The van der Waals surface area contributed by atoms with Gasteiger partial charge in [-0.15, -0.1) is 0 Å². The Balaban J connectivity index is 1.89. The van der Waals surface area contributed by atoms with E-state index < -0.39 is 0 Å². The molecule has 1 heterocycles. The minimum Gasteiger partial charge on any atom is -0.507 e. The summed E-state index contributed by atoms with van der Waals surface area (Å²) in [4.78, 5) is 18.5. The first-order chi connectivity index (χ1) is 15.1. The Morgan fingerprint density at radius 3 is 2.39 bits per heavy atom. The van der Waals surface area contributed by atoms with Gasteiger partial charge in [0.2, 0.25) is 0 Å². The van der Waals surface area contributed by atoms with E-state index in [0.717, 1.165) is 16.7 Å². The quantitative estimate of drug-likeness (QED) is 0.496. The van der Waals surface area contributed by atoms with Crippen molar-refractivity contribution < 1.29 is 5.11 Å². The van der Waals surface area contributed by atoms with Crippen LogP contribution in [0.5, 0.6) is 5.75 Å². The second-order valence-corrected chi connectivity index (χ2v) is 7.51. The molecule has 0 saturated heterocycles. The van der Waals surface area contributed by atoms with E-state index in [2.05, 4.69) is 0 Å². The Morgan fingerprint density at radius 2 is 1.65 bits per heavy atom. The summed E-state index contributed by atoms with van der Waals surface area (Å²) in [7, 11) is 0. The average molecular weight is 412 g/mol. The van der Waals surface area contributed by atoms with Crippen LogP contribution in [0.2, 0.25) is 0 Å². The maximum Gasteiger partial charge on any atom is 0.261 e. The molecule has 31 heavy (non-hydrogen) atoms. The molecule has 0 radical (unpaired) electrons. The van der Waals surface area contributed by atoms with Gasteiger partial charge >= 0.3 is 0 Å². The van der Waals surface area contributed by atoms with Crippen LogP contribution in [-0.2, 0) is 19.5 Å². The molecule has 5 nitrogen and oxygen atoms in total. The van der Waals surface area contributed by atoms with Crippen LogP contribution in [0.4, 0.5) is 0 Å². The van der Waals surface area contributed by atoms with E-state index in [9.17, 15) is 9.90 Å². The van der Waals surface area contributed by atoms with Gasteiger partial charge in [0.05, 0.1) is 16.8 Å². The van der Waals surface area contributed by atoms with Gasteiger partial charge in [0.25, 0.3) is 5.56 Å². The molecule has 0 aliphatic heterocycles. The zero-order valence-corrected chi connectivity index (χ0v) is 17.5. The monoisotopic (exact) mass is 411 g/mol. The van der Waals surface area contributed by atoms with E-state index in [1.807, 2.05) is 67.6 Å². The van der Waals surface area contributed by atoms with Crippen LogP contribution in [0.3, 0.4) is 0 Å². The number of phenols is 1. The highest BCUT2D eigenvalue weighted by Crippen LogP contribution is 2.29. The molecule has 0 aliphatic rings. The molecular weight excluding hydrogens is 386 g/mol. The Bertz CT molecular complexity index is 1260. The standard InChI is InChI=1S/C26H25N3O2/c1-18-24(21-11-7-10-20(16-21)17-27)26(31)29(15-14-19-8-3-2-4-9-19)25(28-18)22-12-5-6-13-23(22)30/h2-13,16,30H,14-15,17,27H2,1H3. The predicted octanol–water partition coefficient (Wildman–Crippen LogP) is 4.29. The van der Waals surface area contributed by atoms with Crippen molar-refractivity contribution >= 4 is 0 Å². The molecule has 156 valence electrons. The molecule has 0 amide bonds. The topological polar surface area (TPSA) is 81.1 Å². The molecule has 4 rings (SSSR count). The molecule has 0 spiro atoms. The summed E-state index contributed by atoms with van der Waals surface area (Å²) in [6.07, 6.45) is 0.675. The van der Waals surface area contributed by atoms with E-state index >= 15 is 0 Å². The summed E-state index contributed by atoms with van der Waals surface area (Å²) < 4.78 is 1.67. The van der Waals surface area contributed by atoms with Crippen molar-refractivity contribution in [3.63, 3.8) is 0 Å². The number of hydrogen-bond acceptors (Lipinski definition) is 4. The molecule has 0 fully saturated rings. The lowest BCUT2D eigenvalue weighted by Gasteiger charge is -2.17. The van der Waals surface area contributed by atoms with E-state index in [4.69, 9.17) is 10.7 Å². The van der Waals surface area contributed by atoms with Crippen molar-refractivity contribution in [1.29, 1.82) is 0 Å². The SMILES string of the molecule is Cc1nc(-c2ccccc2O)n(CCc2ccccc2)c(=O)c1-c1cccc(CN)c1. The van der Waals surface area contributed by atoms with Gasteiger partial charge in [-0.3, -0.25) is 9.36 Å². The molecule has 0 unspecified atom stereocenters. The first-order valence-electron chi connectivity index (χ1n) is 10.3. The third-order valence-corrected chi connectivity index (χ3v) is 5.41. The van der Waals surface area contributed by atoms with Crippen molar-refractivity contribution in [3.8, 4) is 28.3 Å². The molecule has 3 N–H and O–H groups in total. The molecular formula is C26H25N3O2. The highest BCUT2D eigenvalue weighted by atomic mass is 16.3. The summed E-state index contributed by atoms with van der Waals surface area (Å²) in [5, 5.41) is 10.4. The van der Waals surface area contributed by atoms with Crippen molar-refractivity contribution in [3.05, 3.63) is 106 Å². The second kappa shape index (κ2) is 8.98. The van der Waals surface area contributed by atoms with Gasteiger partial charge < -0.3 is 10.8 Å². The minimum absolute atomic E-state index is 0.0974. The number of aryl methyl sites for hydroxylation is 2. The zero-order chi connectivity index (χ0) is 21.8. The largest absolute Gasteiger partial charge is 0.507 e. The van der Waals surface area contributed by atoms with Crippen LogP contribution in [0.25, 0.3) is 22.5 Å². The Morgan fingerprint density at radius 1 is 0.935 bits per heavy atom. The molecule has 0 bridgehead atoms. The summed E-state index contributed by atoms with van der Waals surface area (Å²) in [5.74, 6) is 0.565. The smallest absolute Gasteiger partial charge is 0.261 e. The van der Waals surface area contributed by atoms with E-state index in [0.29, 0.717) is 42.2 Å². The molecule has 5 heteroatoms. The number of benzene rings is 3. The maximum absolute atomic E-state index is 13.7. The van der Waals surface area contributed by atoms with Gasteiger partial charge in [-0.05, 0) is 48.2 Å². The third-order valence-electron chi connectivity index (χ3n) is 5.41. The lowest BCUT2D eigenvalue weighted by Crippen LogP contribution is -2.27. The lowest BCUT2D eigenvalue weighted by molar-refractivity contribution is 0.476. The summed E-state index contributed by atoms with van der Waals surface area (Å²) in [6, 6.07) is 24.7. The fraction of sp³-hybridized carbons (Fsp3) is 0.154. The van der Waals surface area contributed by atoms with Crippen molar-refractivity contribution in [1.82, 2.24) is 9.55 Å². The number of nitrogens with zero attached hydrogens (tertiary/aromatic N) is 2. The first-order valence-corrected chi connectivity index (χ1v) is 10.3. The molecule has 3 aromatic carbocycles. The summed E-state index contributed by atoms with van der Waals surface area (Å²) in [6.45, 7) is 2.68. The number of aromatic hydroxyl groups is 1. The van der Waals surface area contributed by atoms with Crippen molar-refractivity contribution in [2.24, 2.45) is 5.73 Å². The van der Waals surface area contributed by atoms with Gasteiger partial charge in [-0.25, -0.2) is 4.98 Å². The van der Waals surface area contributed by atoms with Gasteiger partial charge in [-0.2, -0.15) is 0 Å². The first kappa shape index (κ1) is 20.6. The lowest BCUT2D eigenvalue weighted by atomic mass is 10.0. The van der Waals surface area contributed by atoms with Crippen LogP contribution < -0.4 is 11.3 Å². The van der Waals surface area contributed by atoms with E-state index in [1.165, 1.54) is 0 Å². The van der Waals surface area contributed by atoms with Crippen molar-refractivity contribution in [2.75, 3.05) is 0 Å². The summed E-state index contributed by atoms with van der Waals surface area (Å²) in [5.41, 5.74) is 10.3. The van der Waals surface area contributed by atoms with Crippen LogP contribution in [0.15, 0.2) is 83.7 Å². The molecule has 0 atom stereocenters. The third kappa shape index (κ3) is 4.27. The second-order valence-electron chi connectivity index (χ2n) is 7.51. The predicted molar refractivity (Wildman–Crippen MR) is 124 cm³/mol.